The van der Waals surface area contributed by atoms with Crippen molar-refractivity contribution >= 4 is 0 Å². The molecule has 1 aliphatic rings. The molecule has 0 aromatic heterocycles. The Labute approximate surface area is 94.8 Å². The Morgan fingerprint density at radius 2 is 2.00 bits per heavy atom. The van der Waals surface area contributed by atoms with Gasteiger partial charge in [-0.05, 0) is 25.8 Å². The quantitative estimate of drug-likeness (QED) is 0.702. The lowest BCUT2D eigenvalue weighted by atomic mass is 9.93. The van der Waals surface area contributed by atoms with E-state index in [0.29, 0.717) is 12.1 Å². The lowest BCUT2D eigenvalue weighted by molar-refractivity contribution is 0.0553. The Morgan fingerprint density at radius 3 is 2.47 bits per heavy atom. The number of hydrogen-bond donors (Lipinski definition) is 1. The van der Waals surface area contributed by atoms with E-state index in [4.69, 9.17) is 4.74 Å². The minimum atomic E-state index is 0.403. The van der Waals surface area contributed by atoms with Crippen molar-refractivity contribution in [2.75, 3.05) is 14.2 Å². The van der Waals surface area contributed by atoms with E-state index in [1.54, 1.807) is 0 Å². The number of likely N-dealkylation sites (N-methyl/N-ethyl adjacent to an activating group) is 1. The van der Waals surface area contributed by atoms with Crippen molar-refractivity contribution in [3.05, 3.63) is 0 Å². The number of methoxy groups -OCH3 is 1. The minimum Gasteiger partial charge on any atom is -0.380 e. The first-order valence-electron chi connectivity index (χ1n) is 6.51. The topological polar surface area (TPSA) is 21.3 Å². The first kappa shape index (κ1) is 13.0. The summed E-state index contributed by atoms with van der Waals surface area (Å²) in [7, 11) is 3.92. The summed E-state index contributed by atoms with van der Waals surface area (Å²) in [4.78, 5) is 0. The predicted molar refractivity (Wildman–Crippen MR) is 65.1 cm³/mol. The summed E-state index contributed by atoms with van der Waals surface area (Å²) < 4.78 is 5.59. The Bertz CT molecular complexity index is 155. The molecule has 0 heterocycles. The summed E-state index contributed by atoms with van der Waals surface area (Å²) in [6.07, 6.45) is 9.83. The number of ether oxygens (including phenoxy) is 1. The summed E-state index contributed by atoms with van der Waals surface area (Å²) in [5, 5.41) is 3.44. The molecule has 0 spiro atoms. The standard InChI is InChI=1S/C13H27NO/c1-4-7-13(15-3)12(14-2)10-11-8-5-6-9-11/h11-14H,4-10H2,1-3H3. The van der Waals surface area contributed by atoms with Crippen LogP contribution in [0.5, 0.6) is 0 Å². The van der Waals surface area contributed by atoms with Crippen LogP contribution in [0.3, 0.4) is 0 Å². The second-order valence-corrected chi connectivity index (χ2v) is 4.84. The van der Waals surface area contributed by atoms with Gasteiger partial charge in [-0.15, -0.1) is 0 Å². The summed E-state index contributed by atoms with van der Waals surface area (Å²) in [5.41, 5.74) is 0. The van der Waals surface area contributed by atoms with Crippen LogP contribution in [0.2, 0.25) is 0 Å². The third-order valence-corrected chi connectivity index (χ3v) is 3.76. The van der Waals surface area contributed by atoms with Gasteiger partial charge >= 0.3 is 0 Å². The average molecular weight is 213 g/mol. The molecular formula is C13H27NO. The zero-order chi connectivity index (χ0) is 11.1. The van der Waals surface area contributed by atoms with Crippen molar-refractivity contribution in [1.29, 1.82) is 0 Å². The molecule has 0 aromatic carbocycles. The van der Waals surface area contributed by atoms with Crippen LogP contribution in [-0.4, -0.2) is 26.3 Å². The summed E-state index contributed by atoms with van der Waals surface area (Å²) in [5.74, 6) is 0.942. The van der Waals surface area contributed by atoms with Crippen molar-refractivity contribution < 1.29 is 4.74 Å². The van der Waals surface area contributed by atoms with Crippen LogP contribution in [0, 0.1) is 5.92 Å². The molecule has 1 saturated carbocycles. The van der Waals surface area contributed by atoms with E-state index >= 15 is 0 Å². The van der Waals surface area contributed by atoms with Crippen LogP contribution in [0.4, 0.5) is 0 Å². The molecule has 1 N–H and O–H groups in total. The zero-order valence-corrected chi connectivity index (χ0v) is 10.6. The molecule has 0 saturated heterocycles. The molecule has 1 fully saturated rings. The number of rotatable bonds is 7. The Hall–Kier alpha value is -0.0800. The fourth-order valence-corrected chi connectivity index (χ4v) is 2.83. The van der Waals surface area contributed by atoms with Gasteiger partial charge < -0.3 is 10.1 Å². The Morgan fingerprint density at radius 1 is 1.33 bits per heavy atom. The molecule has 2 unspecified atom stereocenters. The Kier molecular flexibility index (Phi) is 6.26. The van der Waals surface area contributed by atoms with Gasteiger partial charge in [0.1, 0.15) is 0 Å². The van der Waals surface area contributed by atoms with Crippen LogP contribution >= 0.6 is 0 Å². The first-order valence-corrected chi connectivity index (χ1v) is 6.51. The van der Waals surface area contributed by atoms with Gasteiger partial charge in [-0.3, -0.25) is 0 Å². The molecule has 0 bridgehead atoms. The average Bonchev–Trinajstić information content (AvgIpc) is 2.75. The van der Waals surface area contributed by atoms with Crippen LogP contribution in [0.15, 0.2) is 0 Å². The molecule has 1 aliphatic carbocycles. The molecule has 0 radical (unpaired) electrons. The highest BCUT2D eigenvalue weighted by molar-refractivity contribution is 4.80. The maximum atomic E-state index is 5.59. The lowest BCUT2D eigenvalue weighted by Crippen LogP contribution is -2.40. The summed E-state index contributed by atoms with van der Waals surface area (Å²) in [6.45, 7) is 2.23. The minimum absolute atomic E-state index is 0.403. The fraction of sp³-hybridized carbons (Fsp3) is 1.00. The van der Waals surface area contributed by atoms with Gasteiger partial charge in [0.2, 0.25) is 0 Å². The van der Waals surface area contributed by atoms with Gasteiger partial charge in [-0.25, -0.2) is 0 Å². The highest BCUT2D eigenvalue weighted by atomic mass is 16.5. The van der Waals surface area contributed by atoms with E-state index in [0.717, 1.165) is 5.92 Å². The molecule has 15 heavy (non-hydrogen) atoms. The molecule has 2 nitrogen and oxygen atoms in total. The van der Waals surface area contributed by atoms with Gasteiger partial charge in [0, 0.05) is 13.2 Å². The fourth-order valence-electron chi connectivity index (χ4n) is 2.83. The SMILES string of the molecule is CCCC(OC)C(CC1CCCC1)NC. The summed E-state index contributed by atoms with van der Waals surface area (Å²) in [6, 6.07) is 0.554. The van der Waals surface area contributed by atoms with Crippen molar-refractivity contribution in [2.45, 2.75) is 64.0 Å². The largest absolute Gasteiger partial charge is 0.380 e. The smallest absolute Gasteiger partial charge is 0.0724 e. The number of nitrogens with one attached hydrogen (secondary N) is 1. The van der Waals surface area contributed by atoms with E-state index in [-0.39, 0.29) is 0 Å². The van der Waals surface area contributed by atoms with Crippen LogP contribution in [0.25, 0.3) is 0 Å². The Balaban J connectivity index is 2.37. The molecule has 2 heteroatoms. The lowest BCUT2D eigenvalue weighted by Gasteiger charge is -2.27. The first-order chi connectivity index (χ1) is 7.31. The van der Waals surface area contributed by atoms with Crippen molar-refractivity contribution in [3.63, 3.8) is 0 Å². The van der Waals surface area contributed by atoms with Gasteiger partial charge in [0.05, 0.1) is 6.10 Å². The zero-order valence-electron chi connectivity index (χ0n) is 10.6. The van der Waals surface area contributed by atoms with Gasteiger partial charge in [0.25, 0.3) is 0 Å². The van der Waals surface area contributed by atoms with Gasteiger partial charge in [0.15, 0.2) is 0 Å². The molecule has 0 aliphatic heterocycles. The van der Waals surface area contributed by atoms with E-state index in [1.165, 1.54) is 44.9 Å². The second-order valence-electron chi connectivity index (χ2n) is 4.84. The molecule has 90 valence electrons. The van der Waals surface area contributed by atoms with Crippen molar-refractivity contribution in [3.8, 4) is 0 Å². The van der Waals surface area contributed by atoms with E-state index in [9.17, 15) is 0 Å². The van der Waals surface area contributed by atoms with E-state index in [2.05, 4.69) is 19.3 Å². The maximum Gasteiger partial charge on any atom is 0.0724 e. The second kappa shape index (κ2) is 7.24. The van der Waals surface area contributed by atoms with Crippen LogP contribution in [0.1, 0.15) is 51.9 Å². The van der Waals surface area contributed by atoms with Crippen LogP contribution in [-0.2, 0) is 4.74 Å². The monoisotopic (exact) mass is 213 g/mol. The number of hydrogen-bond acceptors (Lipinski definition) is 2. The molecule has 0 aromatic rings. The maximum absolute atomic E-state index is 5.59. The molecule has 2 atom stereocenters. The van der Waals surface area contributed by atoms with Crippen molar-refractivity contribution in [1.82, 2.24) is 5.32 Å². The van der Waals surface area contributed by atoms with E-state index < -0.39 is 0 Å². The molecule has 1 rings (SSSR count). The summed E-state index contributed by atoms with van der Waals surface area (Å²) >= 11 is 0. The molecule has 0 amide bonds. The highest BCUT2D eigenvalue weighted by Gasteiger charge is 2.24. The van der Waals surface area contributed by atoms with Crippen LogP contribution < -0.4 is 5.32 Å². The van der Waals surface area contributed by atoms with Gasteiger partial charge in [-0.2, -0.15) is 0 Å². The molecular weight excluding hydrogens is 186 g/mol. The third kappa shape index (κ3) is 4.12. The van der Waals surface area contributed by atoms with Crippen molar-refractivity contribution in [2.24, 2.45) is 5.92 Å². The predicted octanol–water partition coefficient (Wildman–Crippen LogP) is 2.97. The van der Waals surface area contributed by atoms with E-state index in [1.807, 2.05) is 7.11 Å². The highest BCUT2D eigenvalue weighted by Crippen LogP contribution is 2.29. The van der Waals surface area contributed by atoms with Gasteiger partial charge in [-0.1, -0.05) is 39.0 Å². The third-order valence-electron chi connectivity index (χ3n) is 3.76. The normalized spacial score (nSPS) is 21.8.